The van der Waals surface area contributed by atoms with Crippen molar-refractivity contribution in [3.63, 3.8) is 0 Å². The van der Waals surface area contributed by atoms with E-state index in [9.17, 15) is 0 Å². The molecule has 0 fully saturated rings. The summed E-state index contributed by atoms with van der Waals surface area (Å²) in [6, 6.07) is 16.2. The van der Waals surface area contributed by atoms with Crippen molar-refractivity contribution in [3.05, 3.63) is 66.6 Å². The Hall–Kier alpha value is -3.49. The van der Waals surface area contributed by atoms with Crippen LogP contribution in [0.3, 0.4) is 0 Å². The minimum Gasteiger partial charge on any atom is -0.497 e. The first-order valence-electron chi connectivity index (χ1n) is 13.3. The first-order valence-corrected chi connectivity index (χ1v) is 16.3. The minimum absolute atomic E-state index is 0.175. The van der Waals surface area contributed by atoms with Crippen molar-refractivity contribution < 1.29 is 13.9 Å². The van der Waals surface area contributed by atoms with Gasteiger partial charge in [0.2, 0.25) is 0 Å². The number of ether oxygens (including phenoxy) is 2. The van der Waals surface area contributed by atoms with Crippen molar-refractivity contribution in [3.8, 4) is 22.8 Å². The molecule has 0 unspecified atom stereocenters. The van der Waals surface area contributed by atoms with Crippen molar-refractivity contribution in [1.29, 1.82) is 0 Å². The van der Waals surface area contributed by atoms with Gasteiger partial charge in [0.1, 0.15) is 11.5 Å². The van der Waals surface area contributed by atoms with E-state index in [2.05, 4.69) is 60.9 Å². The molecule has 7 nitrogen and oxygen atoms in total. The highest BCUT2D eigenvalue weighted by atomic mass is 28.4. The number of anilines is 2. The molecule has 0 saturated carbocycles. The van der Waals surface area contributed by atoms with Gasteiger partial charge in [0, 0.05) is 60.2 Å². The number of pyridine rings is 1. The van der Waals surface area contributed by atoms with Crippen LogP contribution in [-0.2, 0) is 4.43 Å². The van der Waals surface area contributed by atoms with Gasteiger partial charge in [0.25, 0.3) is 0 Å². The summed E-state index contributed by atoms with van der Waals surface area (Å²) < 4.78 is 17.6. The molecule has 0 aliphatic heterocycles. The predicted molar refractivity (Wildman–Crippen MR) is 162 cm³/mol. The van der Waals surface area contributed by atoms with E-state index in [1.165, 1.54) is 0 Å². The molecule has 2 aromatic carbocycles. The van der Waals surface area contributed by atoms with Crippen LogP contribution in [0.1, 0.15) is 32.9 Å². The molecule has 4 rings (SSSR count). The summed E-state index contributed by atoms with van der Waals surface area (Å²) in [6.45, 7) is 14.8. The van der Waals surface area contributed by atoms with Crippen LogP contribution in [0.4, 0.5) is 11.4 Å². The van der Waals surface area contributed by atoms with Gasteiger partial charge in [-0.3, -0.25) is 9.97 Å². The van der Waals surface area contributed by atoms with Crippen LogP contribution in [0.2, 0.25) is 18.1 Å². The van der Waals surface area contributed by atoms with E-state index in [1.807, 2.05) is 49.5 Å². The number of aromatic nitrogens is 3. The zero-order valence-electron chi connectivity index (χ0n) is 24.4. The molecular weight excluding hydrogens is 504 g/mol. The summed E-state index contributed by atoms with van der Waals surface area (Å²) in [5, 5.41) is 0.175. The second kappa shape index (κ2) is 11.7. The largest absolute Gasteiger partial charge is 0.497 e. The van der Waals surface area contributed by atoms with Crippen molar-refractivity contribution in [1.82, 2.24) is 15.0 Å². The number of nitrogens with zero attached hydrogens (tertiary/aromatic N) is 4. The van der Waals surface area contributed by atoms with E-state index in [-0.39, 0.29) is 5.04 Å². The van der Waals surface area contributed by atoms with Crippen molar-refractivity contribution in [2.45, 2.75) is 52.2 Å². The fourth-order valence-corrected chi connectivity index (χ4v) is 5.14. The summed E-state index contributed by atoms with van der Waals surface area (Å²) in [7, 11) is 1.51. The Morgan fingerprint density at radius 3 is 2.15 bits per heavy atom. The van der Waals surface area contributed by atoms with Gasteiger partial charge in [-0.25, -0.2) is 4.98 Å². The lowest BCUT2D eigenvalue weighted by atomic mass is 10.1. The molecule has 0 aliphatic carbocycles. The Labute approximate surface area is 233 Å². The first kappa shape index (κ1) is 28.5. The smallest absolute Gasteiger partial charge is 0.191 e. The van der Waals surface area contributed by atoms with Gasteiger partial charge in [-0.15, -0.1) is 0 Å². The number of rotatable bonds is 10. The quantitative estimate of drug-likeness (QED) is 0.151. The van der Waals surface area contributed by atoms with Crippen LogP contribution < -0.4 is 14.4 Å². The van der Waals surface area contributed by atoms with Crippen LogP contribution in [0, 0.1) is 6.92 Å². The summed E-state index contributed by atoms with van der Waals surface area (Å²) >= 11 is 0. The maximum atomic E-state index is 6.48. The molecule has 2 aromatic heterocycles. The third kappa shape index (κ3) is 6.75. The predicted octanol–water partition coefficient (Wildman–Crippen LogP) is 7.57. The normalized spacial score (nSPS) is 12.0. The zero-order valence-corrected chi connectivity index (χ0v) is 25.4. The van der Waals surface area contributed by atoms with Crippen molar-refractivity contribution >= 4 is 30.7 Å². The van der Waals surface area contributed by atoms with E-state index in [0.29, 0.717) is 6.61 Å². The van der Waals surface area contributed by atoms with Gasteiger partial charge in [-0.1, -0.05) is 20.8 Å². The standard InChI is InChI=1S/C31H40N4O3Si/c1-22-10-11-23(20-32-22)30-21-33-28-13-12-24(18-29(28)34-30)35(14-9-15-38-39(7,8)31(2,3)4)25-16-26(36-5)19-27(17-25)37-6/h10-13,16-21H,9,14-15H2,1-8H3. The summed E-state index contributed by atoms with van der Waals surface area (Å²) in [4.78, 5) is 16.3. The van der Waals surface area contributed by atoms with E-state index in [1.54, 1.807) is 20.4 Å². The first-order chi connectivity index (χ1) is 18.5. The molecule has 4 aromatic rings. The minimum atomic E-state index is -1.83. The second-order valence-corrected chi connectivity index (χ2v) is 16.1. The number of hydrogen-bond acceptors (Lipinski definition) is 7. The lowest BCUT2D eigenvalue weighted by molar-refractivity contribution is 0.284. The van der Waals surface area contributed by atoms with Crippen LogP contribution in [0.25, 0.3) is 22.3 Å². The van der Waals surface area contributed by atoms with Gasteiger partial charge in [0.15, 0.2) is 8.32 Å². The SMILES string of the molecule is COc1cc(OC)cc(N(CCCO[Si](C)(C)C(C)(C)C)c2ccc3ncc(-c4ccc(C)nc4)nc3c2)c1. The fraction of sp³-hybridized carbons (Fsp3) is 0.387. The van der Waals surface area contributed by atoms with E-state index in [0.717, 1.165) is 63.8 Å². The van der Waals surface area contributed by atoms with E-state index in [4.69, 9.17) is 18.9 Å². The van der Waals surface area contributed by atoms with Gasteiger partial charge in [-0.05, 0) is 61.8 Å². The highest BCUT2D eigenvalue weighted by Crippen LogP contribution is 2.37. The van der Waals surface area contributed by atoms with Crippen molar-refractivity contribution in [2.24, 2.45) is 0 Å². The molecule has 39 heavy (non-hydrogen) atoms. The molecule has 0 bridgehead atoms. The molecular formula is C31H40N4O3Si. The van der Waals surface area contributed by atoms with Crippen molar-refractivity contribution in [2.75, 3.05) is 32.3 Å². The van der Waals surface area contributed by atoms with Crippen LogP contribution in [0.5, 0.6) is 11.5 Å². The average Bonchev–Trinajstić information content (AvgIpc) is 2.92. The van der Waals surface area contributed by atoms with E-state index >= 15 is 0 Å². The molecule has 0 saturated heterocycles. The van der Waals surface area contributed by atoms with Gasteiger partial charge < -0.3 is 18.8 Å². The Morgan fingerprint density at radius 1 is 0.821 bits per heavy atom. The molecule has 206 valence electrons. The monoisotopic (exact) mass is 544 g/mol. The number of hydrogen-bond donors (Lipinski definition) is 0. The molecule has 0 spiro atoms. The summed E-state index contributed by atoms with van der Waals surface area (Å²) in [6.07, 6.45) is 4.51. The molecule has 0 radical (unpaired) electrons. The Balaban J connectivity index is 1.68. The maximum absolute atomic E-state index is 6.48. The zero-order chi connectivity index (χ0) is 28.2. The average molecular weight is 545 g/mol. The topological polar surface area (TPSA) is 69.6 Å². The summed E-state index contributed by atoms with van der Waals surface area (Å²) in [5.74, 6) is 1.48. The number of fused-ring (bicyclic) bond motifs is 1. The number of aryl methyl sites for hydroxylation is 1. The molecule has 0 atom stereocenters. The molecule has 8 heteroatoms. The van der Waals surface area contributed by atoms with Crippen LogP contribution >= 0.6 is 0 Å². The maximum Gasteiger partial charge on any atom is 0.191 e. The molecule has 2 heterocycles. The lowest BCUT2D eigenvalue weighted by Gasteiger charge is -2.36. The van der Waals surface area contributed by atoms with Crippen LogP contribution in [-0.4, -0.2) is 50.6 Å². The van der Waals surface area contributed by atoms with E-state index < -0.39 is 8.32 Å². The van der Waals surface area contributed by atoms with Gasteiger partial charge in [0.05, 0.1) is 37.1 Å². The Kier molecular flexibility index (Phi) is 8.56. The second-order valence-electron chi connectivity index (χ2n) is 11.3. The molecule has 0 amide bonds. The lowest BCUT2D eigenvalue weighted by Crippen LogP contribution is -2.41. The highest BCUT2D eigenvalue weighted by Gasteiger charge is 2.36. The third-order valence-corrected chi connectivity index (χ3v) is 12.0. The summed E-state index contributed by atoms with van der Waals surface area (Å²) in [5.41, 5.74) is 6.36. The third-order valence-electron chi connectivity index (χ3n) is 7.49. The highest BCUT2D eigenvalue weighted by molar-refractivity contribution is 6.74. The van der Waals surface area contributed by atoms with Gasteiger partial charge in [-0.2, -0.15) is 0 Å². The number of methoxy groups -OCH3 is 2. The number of benzene rings is 2. The Morgan fingerprint density at radius 2 is 1.54 bits per heavy atom. The molecule has 0 aliphatic rings. The fourth-order valence-electron chi connectivity index (χ4n) is 4.05. The Bertz CT molecular complexity index is 1400. The van der Waals surface area contributed by atoms with Crippen LogP contribution in [0.15, 0.2) is 60.9 Å². The van der Waals surface area contributed by atoms with Gasteiger partial charge >= 0.3 is 0 Å². The molecule has 0 N–H and O–H groups in total.